The molecule has 0 bridgehead atoms. The van der Waals surface area contributed by atoms with Crippen molar-refractivity contribution in [2.24, 2.45) is 0 Å². The van der Waals surface area contributed by atoms with Crippen molar-refractivity contribution in [3.63, 3.8) is 0 Å². The number of carboxylic acid groups (broad SMARTS) is 1. The molecule has 0 saturated heterocycles. The lowest BCUT2D eigenvalue weighted by Crippen LogP contribution is -2.38. The minimum atomic E-state index is -4.41. The smallest absolute Gasteiger partial charge is 0.416 e. The van der Waals surface area contributed by atoms with E-state index in [-0.39, 0.29) is 24.9 Å². The number of alkyl halides is 3. The number of carbonyl (C=O) groups excluding carboxylic acids is 1. The zero-order valence-electron chi connectivity index (χ0n) is 11.1. The lowest BCUT2D eigenvalue weighted by atomic mass is 10.1. The second kappa shape index (κ2) is 5.75. The zero-order chi connectivity index (χ0) is 15.6. The van der Waals surface area contributed by atoms with Gasteiger partial charge in [0, 0.05) is 6.04 Å². The molecule has 1 aliphatic carbocycles. The van der Waals surface area contributed by atoms with E-state index in [1.165, 1.54) is 17.0 Å². The van der Waals surface area contributed by atoms with Gasteiger partial charge in [-0.2, -0.15) is 13.2 Å². The molecule has 1 aromatic carbocycles. The van der Waals surface area contributed by atoms with Crippen LogP contribution in [0.5, 0.6) is 0 Å². The van der Waals surface area contributed by atoms with Crippen molar-refractivity contribution in [2.75, 3.05) is 6.54 Å². The summed E-state index contributed by atoms with van der Waals surface area (Å²) in [4.78, 5) is 24.1. The lowest BCUT2D eigenvalue weighted by molar-refractivity contribution is -0.144. The number of amides is 1. The fourth-order valence-electron chi connectivity index (χ4n) is 2.04. The van der Waals surface area contributed by atoms with E-state index in [2.05, 4.69) is 0 Å². The number of hydrogen-bond donors (Lipinski definition) is 1. The maximum absolute atomic E-state index is 12.4. The molecule has 0 aliphatic heterocycles. The third-order valence-electron chi connectivity index (χ3n) is 3.25. The van der Waals surface area contributed by atoms with E-state index in [1.807, 2.05) is 0 Å². The van der Waals surface area contributed by atoms with Gasteiger partial charge >= 0.3 is 12.1 Å². The Labute approximate surface area is 119 Å². The maximum atomic E-state index is 12.4. The Bertz CT molecular complexity index is 535. The molecule has 1 N–H and O–H groups in total. The molecule has 0 heterocycles. The molecule has 0 spiro atoms. The number of halogens is 3. The Morgan fingerprint density at radius 1 is 1.19 bits per heavy atom. The van der Waals surface area contributed by atoms with Crippen LogP contribution in [-0.2, 0) is 22.2 Å². The van der Waals surface area contributed by atoms with Crippen LogP contribution >= 0.6 is 0 Å². The van der Waals surface area contributed by atoms with Gasteiger partial charge in [0.15, 0.2) is 0 Å². The first-order chi connectivity index (χ1) is 9.77. The molecule has 0 aromatic heterocycles. The van der Waals surface area contributed by atoms with Crippen LogP contribution in [0.4, 0.5) is 13.2 Å². The normalized spacial score (nSPS) is 14.8. The van der Waals surface area contributed by atoms with E-state index in [0.29, 0.717) is 5.56 Å². The summed E-state index contributed by atoms with van der Waals surface area (Å²) in [5.41, 5.74) is -0.340. The topological polar surface area (TPSA) is 57.6 Å². The molecule has 114 valence electrons. The molecule has 2 rings (SSSR count). The second-order valence-electron chi connectivity index (χ2n) is 5.02. The van der Waals surface area contributed by atoms with Crippen LogP contribution in [0, 0.1) is 0 Å². The summed E-state index contributed by atoms with van der Waals surface area (Å²) in [5, 5.41) is 8.78. The highest BCUT2D eigenvalue weighted by molar-refractivity contribution is 5.83. The van der Waals surface area contributed by atoms with Crippen LogP contribution in [-0.4, -0.2) is 34.5 Å². The lowest BCUT2D eigenvalue weighted by Gasteiger charge is -2.20. The number of aliphatic carboxylic acids is 1. The fourth-order valence-corrected chi connectivity index (χ4v) is 2.04. The van der Waals surface area contributed by atoms with Gasteiger partial charge in [0.25, 0.3) is 0 Å². The van der Waals surface area contributed by atoms with Crippen LogP contribution in [0.3, 0.4) is 0 Å². The molecular weight excluding hydrogens is 287 g/mol. The highest BCUT2D eigenvalue weighted by Crippen LogP contribution is 2.30. The molecule has 1 fully saturated rings. The third-order valence-corrected chi connectivity index (χ3v) is 3.25. The van der Waals surface area contributed by atoms with Gasteiger partial charge in [-0.05, 0) is 30.5 Å². The predicted molar refractivity (Wildman–Crippen MR) is 67.5 cm³/mol. The molecule has 7 heteroatoms. The molecule has 0 radical (unpaired) electrons. The summed E-state index contributed by atoms with van der Waals surface area (Å²) in [6.45, 7) is -0.371. The Hall–Kier alpha value is -2.05. The standard InChI is InChI=1S/C14H14F3NO3/c15-14(16,17)10-3-1-9(2-4-10)7-12(19)18(8-13(20)21)11-5-6-11/h1-4,11H,5-8H2,(H,20,21). The molecular formula is C14H14F3NO3. The summed E-state index contributed by atoms with van der Waals surface area (Å²) in [5.74, 6) is -1.47. The minimum absolute atomic E-state index is 0.0527. The van der Waals surface area contributed by atoms with E-state index in [0.717, 1.165) is 25.0 Å². The van der Waals surface area contributed by atoms with E-state index in [9.17, 15) is 22.8 Å². The Kier molecular flexibility index (Phi) is 4.20. The van der Waals surface area contributed by atoms with Crippen molar-refractivity contribution in [1.29, 1.82) is 0 Å². The van der Waals surface area contributed by atoms with Gasteiger partial charge in [-0.15, -0.1) is 0 Å². The van der Waals surface area contributed by atoms with Gasteiger partial charge in [0.05, 0.1) is 12.0 Å². The van der Waals surface area contributed by atoms with Crippen molar-refractivity contribution < 1.29 is 27.9 Å². The van der Waals surface area contributed by atoms with E-state index in [4.69, 9.17) is 5.11 Å². The monoisotopic (exact) mass is 301 g/mol. The molecule has 0 unspecified atom stereocenters. The Morgan fingerprint density at radius 2 is 1.76 bits per heavy atom. The quantitative estimate of drug-likeness (QED) is 0.908. The van der Waals surface area contributed by atoms with Crippen LogP contribution in [0.1, 0.15) is 24.0 Å². The molecule has 21 heavy (non-hydrogen) atoms. The van der Waals surface area contributed by atoms with Crippen LogP contribution in [0.15, 0.2) is 24.3 Å². The molecule has 1 amide bonds. The first-order valence-electron chi connectivity index (χ1n) is 6.45. The molecule has 1 aromatic rings. The van der Waals surface area contributed by atoms with Gasteiger partial charge in [0.2, 0.25) is 5.91 Å². The number of rotatable bonds is 5. The largest absolute Gasteiger partial charge is 0.480 e. The number of hydrogen-bond acceptors (Lipinski definition) is 2. The van der Waals surface area contributed by atoms with Crippen LogP contribution in [0.25, 0.3) is 0 Å². The summed E-state index contributed by atoms with van der Waals surface area (Å²) in [6.07, 6.45) is -2.97. The number of nitrogens with zero attached hydrogens (tertiary/aromatic N) is 1. The summed E-state index contributed by atoms with van der Waals surface area (Å²) < 4.78 is 37.3. The summed E-state index contributed by atoms with van der Waals surface area (Å²) in [7, 11) is 0. The molecule has 0 atom stereocenters. The minimum Gasteiger partial charge on any atom is -0.480 e. The van der Waals surface area contributed by atoms with Gasteiger partial charge < -0.3 is 10.0 Å². The van der Waals surface area contributed by atoms with Crippen LogP contribution < -0.4 is 0 Å². The molecule has 1 saturated carbocycles. The number of carboxylic acids is 1. The van der Waals surface area contributed by atoms with Gasteiger partial charge in [0.1, 0.15) is 6.54 Å². The SMILES string of the molecule is O=C(O)CN(C(=O)Cc1ccc(C(F)(F)F)cc1)C1CC1. The van der Waals surface area contributed by atoms with Crippen molar-refractivity contribution in [3.8, 4) is 0 Å². The molecule has 4 nitrogen and oxygen atoms in total. The number of carbonyl (C=O) groups is 2. The number of benzene rings is 1. The second-order valence-corrected chi connectivity index (χ2v) is 5.02. The fraction of sp³-hybridized carbons (Fsp3) is 0.429. The molecule has 1 aliphatic rings. The Balaban J connectivity index is 2.02. The van der Waals surface area contributed by atoms with Gasteiger partial charge in [-0.25, -0.2) is 0 Å². The average molecular weight is 301 g/mol. The Morgan fingerprint density at radius 3 is 2.19 bits per heavy atom. The average Bonchev–Trinajstić information content (AvgIpc) is 3.19. The maximum Gasteiger partial charge on any atom is 0.416 e. The van der Waals surface area contributed by atoms with Gasteiger partial charge in [-0.3, -0.25) is 9.59 Å². The zero-order valence-corrected chi connectivity index (χ0v) is 11.1. The van der Waals surface area contributed by atoms with E-state index < -0.39 is 17.7 Å². The van der Waals surface area contributed by atoms with Crippen molar-refractivity contribution in [3.05, 3.63) is 35.4 Å². The third kappa shape index (κ3) is 4.21. The van der Waals surface area contributed by atoms with Crippen LogP contribution in [0.2, 0.25) is 0 Å². The van der Waals surface area contributed by atoms with Crippen molar-refractivity contribution >= 4 is 11.9 Å². The van der Waals surface area contributed by atoms with Gasteiger partial charge in [-0.1, -0.05) is 12.1 Å². The predicted octanol–water partition coefficient (Wildman–Crippen LogP) is 2.32. The van der Waals surface area contributed by atoms with Crippen molar-refractivity contribution in [1.82, 2.24) is 4.90 Å². The van der Waals surface area contributed by atoms with Crippen molar-refractivity contribution in [2.45, 2.75) is 31.5 Å². The summed E-state index contributed by atoms with van der Waals surface area (Å²) >= 11 is 0. The van der Waals surface area contributed by atoms with E-state index in [1.54, 1.807) is 0 Å². The highest BCUT2D eigenvalue weighted by Gasteiger charge is 2.34. The first kappa shape index (κ1) is 15.3. The highest BCUT2D eigenvalue weighted by atomic mass is 19.4. The van der Waals surface area contributed by atoms with E-state index >= 15 is 0 Å². The summed E-state index contributed by atoms with van der Waals surface area (Å²) in [6, 6.07) is 4.27. The first-order valence-corrected chi connectivity index (χ1v) is 6.45.